The highest BCUT2D eigenvalue weighted by atomic mass is 16.2. The number of nitrogens with one attached hydrogen (secondary N) is 1. The fourth-order valence-corrected chi connectivity index (χ4v) is 1.34. The first-order valence-corrected chi connectivity index (χ1v) is 4.14. The molecule has 1 aliphatic rings. The van der Waals surface area contributed by atoms with Crippen LogP contribution in [0.15, 0.2) is 12.3 Å². The van der Waals surface area contributed by atoms with Gasteiger partial charge in [0.25, 0.3) is 0 Å². The molecule has 0 saturated carbocycles. The number of hydrogen-bond acceptors (Lipinski definition) is 3. The van der Waals surface area contributed by atoms with E-state index in [1.165, 1.54) is 0 Å². The van der Waals surface area contributed by atoms with Crippen LogP contribution in [0.25, 0.3) is 0 Å². The quantitative estimate of drug-likeness (QED) is 0.553. The monoisotopic (exact) mass is 175 g/mol. The van der Waals surface area contributed by atoms with Gasteiger partial charge in [0.1, 0.15) is 5.82 Å². The molecule has 0 spiro atoms. The van der Waals surface area contributed by atoms with Crippen molar-refractivity contribution in [3.05, 3.63) is 23.4 Å². The number of anilines is 1. The molecule has 0 aromatic carbocycles. The molecule has 0 saturated heterocycles. The highest BCUT2D eigenvalue weighted by Crippen LogP contribution is 2.18. The largest absolute Gasteiger partial charge is 0.373 e. The van der Waals surface area contributed by atoms with Crippen LogP contribution in [0, 0.1) is 6.92 Å². The molecule has 4 nitrogen and oxygen atoms in total. The van der Waals surface area contributed by atoms with Crippen molar-refractivity contribution < 1.29 is 4.79 Å². The Morgan fingerprint density at radius 2 is 2.46 bits per heavy atom. The standard InChI is InChI=1S/C8H10BN3O/c1-5-2-6-7(10-3-5)11-4-12(9)8(6)13/h2-3H,4,9H2,1H3,(H,10,11). The van der Waals surface area contributed by atoms with Crippen molar-refractivity contribution in [3.8, 4) is 0 Å². The van der Waals surface area contributed by atoms with E-state index in [4.69, 9.17) is 0 Å². The van der Waals surface area contributed by atoms with Crippen LogP contribution >= 0.6 is 0 Å². The first-order chi connectivity index (χ1) is 6.18. The van der Waals surface area contributed by atoms with Crippen molar-refractivity contribution >= 4 is 19.7 Å². The van der Waals surface area contributed by atoms with Gasteiger partial charge < -0.3 is 10.1 Å². The zero-order valence-electron chi connectivity index (χ0n) is 7.66. The molecule has 0 radical (unpaired) electrons. The van der Waals surface area contributed by atoms with E-state index in [2.05, 4.69) is 10.3 Å². The molecular weight excluding hydrogens is 165 g/mol. The third-order valence-corrected chi connectivity index (χ3v) is 2.09. The predicted octanol–water partition coefficient (Wildman–Crippen LogP) is -0.237. The van der Waals surface area contributed by atoms with E-state index in [1.54, 1.807) is 19.0 Å². The Balaban J connectivity index is 2.51. The third kappa shape index (κ3) is 1.26. The summed E-state index contributed by atoms with van der Waals surface area (Å²) in [5.74, 6) is 0.721. The van der Waals surface area contributed by atoms with Crippen molar-refractivity contribution in [1.29, 1.82) is 0 Å². The fraction of sp³-hybridized carbons (Fsp3) is 0.250. The maximum atomic E-state index is 11.6. The molecule has 1 aliphatic heterocycles. The molecule has 1 aromatic rings. The van der Waals surface area contributed by atoms with Crippen LogP contribution in [0.2, 0.25) is 0 Å². The molecule has 1 N–H and O–H groups in total. The number of aromatic nitrogens is 1. The van der Waals surface area contributed by atoms with Crippen molar-refractivity contribution in [2.75, 3.05) is 12.0 Å². The molecule has 66 valence electrons. The van der Waals surface area contributed by atoms with Gasteiger partial charge in [0.15, 0.2) is 0 Å². The second-order valence-electron chi connectivity index (χ2n) is 3.25. The van der Waals surface area contributed by atoms with Gasteiger partial charge in [-0.25, -0.2) is 4.98 Å². The zero-order valence-corrected chi connectivity index (χ0v) is 7.66. The average molecular weight is 175 g/mol. The molecule has 0 fully saturated rings. The molecular formula is C8H10BN3O. The summed E-state index contributed by atoms with van der Waals surface area (Å²) in [5.41, 5.74) is 1.66. The van der Waals surface area contributed by atoms with Gasteiger partial charge in [0.2, 0.25) is 13.9 Å². The van der Waals surface area contributed by atoms with Crippen LogP contribution in [0.3, 0.4) is 0 Å². The normalized spacial score (nSPS) is 15.2. The molecule has 0 unspecified atom stereocenters. The highest BCUT2D eigenvalue weighted by Gasteiger charge is 2.21. The summed E-state index contributed by atoms with van der Waals surface area (Å²) in [6.45, 7) is 2.46. The van der Waals surface area contributed by atoms with Gasteiger partial charge in [0.05, 0.1) is 12.2 Å². The molecule has 2 rings (SSSR count). The van der Waals surface area contributed by atoms with Crippen molar-refractivity contribution in [3.63, 3.8) is 0 Å². The number of rotatable bonds is 0. The summed E-state index contributed by atoms with van der Waals surface area (Å²) in [4.78, 5) is 17.4. The number of carbonyl (C=O) groups excluding carboxylic acids is 1. The topological polar surface area (TPSA) is 45.2 Å². The molecule has 13 heavy (non-hydrogen) atoms. The Hall–Kier alpha value is -1.52. The van der Waals surface area contributed by atoms with Gasteiger partial charge in [-0.2, -0.15) is 0 Å². The second-order valence-corrected chi connectivity index (χ2v) is 3.25. The Morgan fingerprint density at radius 1 is 1.69 bits per heavy atom. The molecule has 5 heteroatoms. The lowest BCUT2D eigenvalue weighted by molar-refractivity contribution is 0.0862. The zero-order chi connectivity index (χ0) is 9.42. The van der Waals surface area contributed by atoms with Gasteiger partial charge in [-0.1, -0.05) is 0 Å². The van der Waals surface area contributed by atoms with E-state index in [0.717, 1.165) is 5.56 Å². The van der Waals surface area contributed by atoms with Crippen LogP contribution in [0.1, 0.15) is 15.9 Å². The first-order valence-electron chi connectivity index (χ1n) is 4.14. The minimum atomic E-state index is 0.0324. The molecule has 0 aliphatic carbocycles. The Labute approximate surface area is 77.4 Å². The smallest absolute Gasteiger partial charge is 0.246 e. The maximum absolute atomic E-state index is 11.6. The summed E-state index contributed by atoms with van der Waals surface area (Å²) in [6.07, 6.45) is 1.75. The van der Waals surface area contributed by atoms with Crippen LogP contribution in [-0.4, -0.2) is 30.4 Å². The van der Waals surface area contributed by atoms with Crippen molar-refractivity contribution in [1.82, 2.24) is 9.79 Å². The van der Waals surface area contributed by atoms with E-state index in [-0.39, 0.29) is 5.91 Å². The number of hydrogen-bond donors (Lipinski definition) is 1. The third-order valence-electron chi connectivity index (χ3n) is 2.09. The van der Waals surface area contributed by atoms with E-state index < -0.39 is 0 Å². The van der Waals surface area contributed by atoms with Gasteiger partial charge in [-0.3, -0.25) is 4.79 Å². The van der Waals surface area contributed by atoms with Crippen LogP contribution in [0.4, 0.5) is 5.82 Å². The van der Waals surface area contributed by atoms with E-state index in [1.807, 2.05) is 13.0 Å². The predicted molar refractivity (Wildman–Crippen MR) is 52.2 cm³/mol. The van der Waals surface area contributed by atoms with Crippen LogP contribution < -0.4 is 5.32 Å². The maximum Gasteiger partial charge on any atom is 0.246 e. The SMILES string of the molecule is BN1CNc2ncc(C)cc2C1=O. The first kappa shape index (κ1) is 8.10. The van der Waals surface area contributed by atoms with E-state index in [0.29, 0.717) is 18.1 Å². The minimum Gasteiger partial charge on any atom is -0.373 e. The number of fused-ring (bicyclic) bond motifs is 1. The van der Waals surface area contributed by atoms with Gasteiger partial charge in [0, 0.05) is 6.20 Å². The minimum absolute atomic E-state index is 0.0324. The summed E-state index contributed by atoms with van der Waals surface area (Å²) in [7, 11) is 1.76. The Bertz CT molecular complexity index is 366. The Morgan fingerprint density at radius 3 is 3.23 bits per heavy atom. The van der Waals surface area contributed by atoms with Crippen LogP contribution in [0.5, 0.6) is 0 Å². The Kier molecular flexibility index (Phi) is 1.72. The molecule has 1 aromatic heterocycles. The van der Waals surface area contributed by atoms with Crippen molar-refractivity contribution in [2.24, 2.45) is 0 Å². The lowest BCUT2D eigenvalue weighted by atomic mass is 10.1. The number of aryl methyl sites for hydroxylation is 1. The molecule has 0 bridgehead atoms. The highest BCUT2D eigenvalue weighted by molar-refractivity contribution is 6.20. The van der Waals surface area contributed by atoms with Crippen LogP contribution in [-0.2, 0) is 0 Å². The van der Waals surface area contributed by atoms with E-state index >= 15 is 0 Å². The van der Waals surface area contributed by atoms with Crippen molar-refractivity contribution in [2.45, 2.75) is 6.92 Å². The summed E-state index contributed by atoms with van der Waals surface area (Å²) >= 11 is 0. The van der Waals surface area contributed by atoms with Gasteiger partial charge in [-0.05, 0) is 18.6 Å². The summed E-state index contributed by atoms with van der Waals surface area (Å²) in [6, 6.07) is 1.85. The number of nitrogens with zero attached hydrogens (tertiary/aromatic N) is 2. The average Bonchev–Trinajstić information content (AvgIpc) is 2.12. The lowest BCUT2D eigenvalue weighted by Gasteiger charge is -2.25. The summed E-state index contributed by atoms with van der Waals surface area (Å²) in [5, 5.41) is 3.06. The molecule has 1 amide bonds. The summed E-state index contributed by atoms with van der Waals surface area (Å²) < 4.78 is 0. The lowest BCUT2D eigenvalue weighted by Crippen LogP contribution is -2.38. The second kappa shape index (κ2) is 2.76. The van der Waals surface area contributed by atoms with Gasteiger partial charge >= 0.3 is 0 Å². The van der Waals surface area contributed by atoms with E-state index in [9.17, 15) is 4.79 Å². The number of carbonyl (C=O) groups is 1. The number of amides is 1. The fourth-order valence-electron chi connectivity index (χ4n) is 1.34. The molecule has 2 heterocycles. The number of pyridine rings is 1. The van der Waals surface area contributed by atoms with Gasteiger partial charge in [-0.15, -0.1) is 0 Å². The molecule has 0 atom stereocenters.